The largest absolute Gasteiger partial charge is 0.464 e. The fourth-order valence-corrected chi connectivity index (χ4v) is 3.61. The van der Waals surface area contributed by atoms with Crippen LogP contribution in [0.1, 0.15) is 47.9 Å². The van der Waals surface area contributed by atoms with Crippen molar-refractivity contribution in [3.63, 3.8) is 0 Å². The van der Waals surface area contributed by atoms with Gasteiger partial charge in [-0.3, -0.25) is 4.79 Å². The van der Waals surface area contributed by atoms with Crippen molar-refractivity contribution in [3.8, 4) is 0 Å². The van der Waals surface area contributed by atoms with Gasteiger partial charge in [0.15, 0.2) is 0 Å². The molecule has 1 fully saturated rings. The van der Waals surface area contributed by atoms with Crippen molar-refractivity contribution in [1.82, 2.24) is 15.1 Å². The lowest BCUT2D eigenvalue weighted by Gasteiger charge is -2.21. The molecule has 142 valence electrons. The molecular formula is C20H23N3O4. The number of benzene rings is 1. The van der Waals surface area contributed by atoms with E-state index in [1.165, 1.54) is 0 Å². The van der Waals surface area contributed by atoms with Crippen molar-refractivity contribution in [3.05, 3.63) is 46.9 Å². The molecule has 27 heavy (non-hydrogen) atoms. The normalized spacial score (nSPS) is 19.9. The van der Waals surface area contributed by atoms with Crippen molar-refractivity contribution in [2.24, 2.45) is 0 Å². The van der Waals surface area contributed by atoms with Crippen molar-refractivity contribution >= 4 is 16.9 Å². The lowest BCUT2D eigenvalue weighted by Crippen LogP contribution is -2.33. The Balaban J connectivity index is 1.59. The van der Waals surface area contributed by atoms with Gasteiger partial charge in [0, 0.05) is 30.3 Å². The molecule has 0 aliphatic carbocycles. The second kappa shape index (κ2) is 6.81. The number of aliphatic hydroxyl groups is 1. The second-order valence-corrected chi connectivity index (χ2v) is 7.21. The minimum absolute atomic E-state index is 0.0891. The molecule has 7 nitrogen and oxygen atoms in total. The summed E-state index contributed by atoms with van der Waals surface area (Å²) in [7, 11) is 0. The predicted octanol–water partition coefficient (Wildman–Crippen LogP) is 2.87. The van der Waals surface area contributed by atoms with Crippen LogP contribution < -0.4 is 0 Å². The van der Waals surface area contributed by atoms with E-state index in [1.54, 1.807) is 11.2 Å². The van der Waals surface area contributed by atoms with Crippen LogP contribution >= 0.6 is 0 Å². The van der Waals surface area contributed by atoms with Crippen molar-refractivity contribution in [2.45, 2.75) is 52.2 Å². The van der Waals surface area contributed by atoms with E-state index < -0.39 is 6.10 Å². The number of furan rings is 1. The van der Waals surface area contributed by atoms with E-state index in [4.69, 9.17) is 8.83 Å². The van der Waals surface area contributed by atoms with E-state index in [-0.39, 0.29) is 24.9 Å². The van der Waals surface area contributed by atoms with Gasteiger partial charge in [0.2, 0.25) is 17.7 Å². The summed E-state index contributed by atoms with van der Waals surface area (Å²) >= 11 is 0. The lowest BCUT2D eigenvalue weighted by molar-refractivity contribution is -0.132. The molecule has 1 aliphatic rings. The van der Waals surface area contributed by atoms with E-state index in [0.29, 0.717) is 24.6 Å². The van der Waals surface area contributed by atoms with Gasteiger partial charge in [-0.25, -0.2) is 0 Å². The summed E-state index contributed by atoms with van der Waals surface area (Å²) in [6.07, 6.45) is 2.29. The number of hydrogen-bond acceptors (Lipinski definition) is 6. The van der Waals surface area contributed by atoms with E-state index in [0.717, 1.165) is 27.7 Å². The van der Waals surface area contributed by atoms with Gasteiger partial charge in [0.1, 0.15) is 11.6 Å². The van der Waals surface area contributed by atoms with Gasteiger partial charge in [-0.15, -0.1) is 10.2 Å². The summed E-state index contributed by atoms with van der Waals surface area (Å²) < 4.78 is 11.3. The number of carbonyl (C=O) groups excluding carboxylic acids is 1. The first kappa shape index (κ1) is 17.7. The number of hydrogen-bond donors (Lipinski definition) is 1. The highest BCUT2D eigenvalue weighted by atomic mass is 16.4. The second-order valence-electron chi connectivity index (χ2n) is 7.21. The summed E-state index contributed by atoms with van der Waals surface area (Å²) in [6.45, 7) is 6.27. The molecule has 1 aliphatic heterocycles. The Hall–Kier alpha value is -2.67. The quantitative estimate of drug-likeness (QED) is 0.760. The Labute approximate surface area is 157 Å². The summed E-state index contributed by atoms with van der Waals surface area (Å²) in [5.41, 5.74) is 3.94. The molecule has 1 N–H and O–H groups in total. The van der Waals surface area contributed by atoms with Gasteiger partial charge in [0.05, 0.1) is 18.8 Å². The standard InChI is InChI=1S/C20H23N3O4/c1-4-18-21-22-20(27-18)16-8-14(24)9-23(16)19(25)7-13-10-26-17-6-12(3)11(2)5-15(13)17/h5-6,10,14,16,24H,4,7-9H2,1-3H3/t14-,16-/m1/s1. The van der Waals surface area contributed by atoms with E-state index >= 15 is 0 Å². The van der Waals surface area contributed by atoms with Crippen LogP contribution in [0.2, 0.25) is 0 Å². The topological polar surface area (TPSA) is 92.6 Å². The summed E-state index contributed by atoms with van der Waals surface area (Å²) in [5, 5.41) is 19.1. The predicted molar refractivity (Wildman–Crippen MR) is 98.1 cm³/mol. The third-order valence-electron chi connectivity index (χ3n) is 5.28. The van der Waals surface area contributed by atoms with Crippen LogP contribution in [0.3, 0.4) is 0 Å². The Bertz CT molecular complexity index is 990. The van der Waals surface area contributed by atoms with E-state index in [9.17, 15) is 9.90 Å². The number of carbonyl (C=O) groups is 1. The SMILES string of the molecule is CCc1nnc([C@H]2C[C@@H](O)CN2C(=O)Cc2coc3cc(C)c(C)cc23)o1. The average molecular weight is 369 g/mol. The maximum Gasteiger partial charge on any atom is 0.239 e. The highest BCUT2D eigenvalue weighted by Crippen LogP contribution is 2.33. The number of aliphatic hydroxyl groups excluding tert-OH is 1. The van der Waals surface area contributed by atoms with E-state index in [2.05, 4.69) is 16.3 Å². The number of aromatic nitrogens is 2. The molecule has 1 aromatic carbocycles. The van der Waals surface area contributed by atoms with Gasteiger partial charge in [-0.05, 0) is 37.1 Å². The summed E-state index contributed by atoms with van der Waals surface area (Å²) in [4.78, 5) is 14.6. The Morgan fingerprint density at radius 3 is 2.81 bits per heavy atom. The van der Waals surface area contributed by atoms with Crippen LogP contribution in [-0.2, 0) is 17.6 Å². The Morgan fingerprint density at radius 2 is 2.07 bits per heavy atom. The van der Waals surface area contributed by atoms with Crippen LogP contribution in [0.4, 0.5) is 0 Å². The fourth-order valence-electron chi connectivity index (χ4n) is 3.61. The Kier molecular flexibility index (Phi) is 4.47. The minimum atomic E-state index is -0.595. The van der Waals surface area contributed by atoms with Crippen molar-refractivity contribution in [2.75, 3.05) is 6.54 Å². The molecule has 1 saturated heterocycles. The molecule has 7 heteroatoms. The number of nitrogens with zero attached hydrogens (tertiary/aromatic N) is 3. The van der Waals surface area contributed by atoms with Crippen LogP contribution in [0.5, 0.6) is 0 Å². The number of fused-ring (bicyclic) bond motifs is 1. The Morgan fingerprint density at radius 1 is 1.30 bits per heavy atom. The first-order valence-corrected chi connectivity index (χ1v) is 9.23. The number of aryl methyl sites for hydroxylation is 3. The summed E-state index contributed by atoms with van der Waals surface area (Å²) in [5.74, 6) is 0.833. The van der Waals surface area contributed by atoms with Gasteiger partial charge < -0.3 is 18.8 Å². The minimum Gasteiger partial charge on any atom is -0.464 e. The van der Waals surface area contributed by atoms with Crippen molar-refractivity contribution in [1.29, 1.82) is 0 Å². The molecule has 0 unspecified atom stereocenters. The smallest absolute Gasteiger partial charge is 0.239 e. The molecule has 0 radical (unpaired) electrons. The zero-order valence-corrected chi connectivity index (χ0v) is 15.7. The molecular weight excluding hydrogens is 346 g/mol. The first-order chi connectivity index (χ1) is 13.0. The van der Waals surface area contributed by atoms with Gasteiger partial charge in [0.25, 0.3) is 0 Å². The molecule has 1 amide bonds. The maximum absolute atomic E-state index is 13.0. The monoisotopic (exact) mass is 369 g/mol. The zero-order chi connectivity index (χ0) is 19.1. The molecule has 2 atom stereocenters. The zero-order valence-electron chi connectivity index (χ0n) is 15.7. The molecule has 2 aromatic heterocycles. The van der Waals surface area contributed by atoms with Gasteiger partial charge in [-0.1, -0.05) is 6.92 Å². The molecule has 3 aromatic rings. The van der Waals surface area contributed by atoms with E-state index in [1.807, 2.05) is 26.8 Å². The number of β-amino-alcohol motifs (C(OH)–C–C–N with tert-alkyl or cyclic N) is 1. The fraction of sp³-hybridized carbons (Fsp3) is 0.450. The third-order valence-corrected chi connectivity index (χ3v) is 5.28. The van der Waals surface area contributed by atoms with Gasteiger partial charge in [-0.2, -0.15) is 0 Å². The third kappa shape index (κ3) is 3.23. The van der Waals surface area contributed by atoms with Gasteiger partial charge >= 0.3 is 0 Å². The number of amides is 1. The molecule has 0 spiro atoms. The number of rotatable bonds is 4. The van der Waals surface area contributed by atoms with Crippen LogP contribution in [-0.4, -0.2) is 38.8 Å². The molecule has 4 rings (SSSR count). The highest BCUT2D eigenvalue weighted by Gasteiger charge is 2.38. The van der Waals surface area contributed by atoms with Crippen molar-refractivity contribution < 1.29 is 18.7 Å². The highest BCUT2D eigenvalue weighted by molar-refractivity contribution is 5.88. The number of likely N-dealkylation sites (tertiary alicyclic amines) is 1. The summed E-state index contributed by atoms with van der Waals surface area (Å²) in [6, 6.07) is 3.66. The van der Waals surface area contributed by atoms with Crippen LogP contribution in [0, 0.1) is 13.8 Å². The molecule has 0 bridgehead atoms. The van der Waals surface area contributed by atoms with Crippen LogP contribution in [0.15, 0.2) is 27.2 Å². The molecule has 3 heterocycles. The lowest BCUT2D eigenvalue weighted by atomic mass is 10.0. The maximum atomic E-state index is 13.0. The first-order valence-electron chi connectivity index (χ1n) is 9.23. The molecule has 0 saturated carbocycles. The average Bonchev–Trinajstić information content (AvgIpc) is 3.35. The van der Waals surface area contributed by atoms with Crippen LogP contribution in [0.25, 0.3) is 11.0 Å².